The third kappa shape index (κ3) is 3.57. The SMILES string of the molecule is NC1=C(N(N)c2ccccn2)CCN(C(=O)c2ccc(F)cc2Cl)C1. The predicted octanol–water partition coefficient (Wildman–Crippen LogP) is 2.27. The molecule has 0 radical (unpaired) electrons. The minimum atomic E-state index is -0.490. The van der Waals surface area contributed by atoms with Gasteiger partial charge in [-0.3, -0.25) is 9.80 Å². The standard InChI is InChI=1S/C17H17ClFN5O/c18-13-9-11(19)4-5-12(13)17(25)23-8-6-15(14(20)10-23)24(21)16-3-1-2-7-22-16/h1-5,7,9H,6,8,10,20-21H2. The molecule has 0 fully saturated rings. The zero-order valence-corrected chi connectivity index (χ0v) is 14.1. The van der Waals surface area contributed by atoms with Crippen LogP contribution in [-0.2, 0) is 0 Å². The van der Waals surface area contributed by atoms with Crippen LogP contribution in [0.25, 0.3) is 0 Å². The van der Waals surface area contributed by atoms with Gasteiger partial charge < -0.3 is 10.6 Å². The van der Waals surface area contributed by atoms with Crippen molar-refractivity contribution in [3.05, 3.63) is 70.4 Å². The summed E-state index contributed by atoms with van der Waals surface area (Å²) in [7, 11) is 0. The summed E-state index contributed by atoms with van der Waals surface area (Å²) in [4.78, 5) is 18.4. The lowest BCUT2D eigenvalue weighted by molar-refractivity contribution is 0.0762. The molecule has 0 saturated carbocycles. The third-order valence-corrected chi connectivity index (χ3v) is 4.30. The second kappa shape index (κ2) is 7.08. The Bertz CT molecular complexity index is 827. The number of carbonyl (C=O) groups is 1. The zero-order valence-electron chi connectivity index (χ0n) is 13.3. The maximum absolute atomic E-state index is 13.2. The Morgan fingerprint density at radius 3 is 2.76 bits per heavy atom. The van der Waals surface area contributed by atoms with Crippen LogP contribution in [0.2, 0.25) is 5.02 Å². The summed E-state index contributed by atoms with van der Waals surface area (Å²) >= 11 is 5.97. The quantitative estimate of drug-likeness (QED) is 0.646. The van der Waals surface area contributed by atoms with Crippen LogP contribution in [0.15, 0.2) is 54.0 Å². The number of anilines is 1. The van der Waals surface area contributed by atoms with Crippen molar-refractivity contribution in [2.75, 3.05) is 18.1 Å². The molecular weight excluding hydrogens is 345 g/mol. The number of amides is 1. The summed E-state index contributed by atoms with van der Waals surface area (Å²) in [6, 6.07) is 9.09. The first-order valence-electron chi connectivity index (χ1n) is 7.65. The average molecular weight is 362 g/mol. The van der Waals surface area contributed by atoms with Crippen LogP contribution in [0.1, 0.15) is 16.8 Å². The van der Waals surface area contributed by atoms with Crippen LogP contribution >= 0.6 is 11.6 Å². The van der Waals surface area contributed by atoms with Gasteiger partial charge in [-0.05, 0) is 30.3 Å². The summed E-state index contributed by atoms with van der Waals surface area (Å²) in [6.07, 6.45) is 2.12. The van der Waals surface area contributed by atoms with Crippen LogP contribution in [0.5, 0.6) is 0 Å². The van der Waals surface area contributed by atoms with E-state index in [1.54, 1.807) is 23.2 Å². The van der Waals surface area contributed by atoms with Crippen molar-refractivity contribution in [1.29, 1.82) is 0 Å². The Morgan fingerprint density at radius 1 is 1.32 bits per heavy atom. The molecule has 2 heterocycles. The van der Waals surface area contributed by atoms with E-state index >= 15 is 0 Å². The molecule has 3 rings (SSSR count). The lowest BCUT2D eigenvalue weighted by Crippen LogP contribution is -2.44. The molecule has 130 valence electrons. The number of nitrogens with two attached hydrogens (primary N) is 2. The van der Waals surface area contributed by atoms with Gasteiger partial charge in [-0.2, -0.15) is 0 Å². The van der Waals surface area contributed by atoms with Crippen molar-refractivity contribution in [2.24, 2.45) is 11.6 Å². The summed E-state index contributed by atoms with van der Waals surface area (Å²) < 4.78 is 13.2. The molecule has 0 unspecified atom stereocenters. The fourth-order valence-corrected chi connectivity index (χ4v) is 2.94. The summed E-state index contributed by atoms with van der Waals surface area (Å²) in [5, 5.41) is 1.51. The molecule has 1 aromatic heterocycles. The van der Waals surface area contributed by atoms with E-state index in [4.69, 9.17) is 23.2 Å². The molecule has 1 aliphatic heterocycles. The van der Waals surface area contributed by atoms with E-state index in [-0.39, 0.29) is 23.0 Å². The van der Waals surface area contributed by atoms with Crippen LogP contribution in [0.3, 0.4) is 0 Å². The van der Waals surface area contributed by atoms with Gasteiger partial charge in [0, 0.05) is 24.9 Å². The van der Waals surface area contributed by atoms with Crippen LogP contribution in [-0.4, -0.2) is 28.9 Å². The number of hydrazine groups is 1. The lowest BCUT2D eigenvalue weighted by Gasteiger charge is -2.33. The van der Waals surface area contributed by atoms with E-state index < -0.39 is 5.82 Å². The number of pyridine rings is 1. The molecule has 1 aromatic carbocycles. The van der Waals surface area contributed by atoms with Gasteiger partial charge in [0.1, 0.15) is 11.6 Å². The smallest absolute Gasteiger partial charge is 0.255 e. The number of nitrogens with zero attached hydrogens (tertiary/aromatic N) is 3. The van der Waals surface area contributed by atoms with E-state index in [0.717, 1.165) is 6.07 Å². The van der Waals surface area contributed by atoms with Gasteiger partial charge in [-0.1, -0.05) is 17.7 Å². The molecule has 4 N–H and O–H groups in total. The van der Waals surface area contributed by atoms with Gasteiger partial charge in [0.15, 0.2) is 0 Å². The Balaban J connectivity index is 1.78. The highest BCUT2D eigenvalue weighted by Crippen LogP contribution is 2.24. The van der Waals surface area contributed by atoms with E-state index in [2.05, 4.69) is 4.98 Å². The number of rotatable bonds is 3. The molecule has 8 heteroatoms. The van der Waals surface area contributed by atoms with Gasteiger partial charge in [0.25, 0.3) is 5.91 Å². The van der Waals surface area contributed by atoms with E-state index in [1.807, 2.05) is 6.07 Å². The molecule has 0 atom stereocenters. The first kappa shape index (κ1) is 17.2. The van der Waals surface area contributed by atoms with Crippen LogP contribution < -0.4 is 16.6 Å². The molecule has 1 aliphatic rings. The maximum atomic E-state index is 13.2. The number of aromatic nitrogens is 1. The Hall–Kier alpha value is -2.64. The number of hydrogen-bond donors (Lipinski definition) is 2. The second-order valence-electron chi connectivity index (χ2n) is 5.63. The molecule has 0 saturated heterocycles. The monoisotopic (exact) mass is 361 g/mol. The van der Waals surface area contributed by atoms with Gasteiger partial charge in [0.2, 0.25) is 0 Å². The topological polar surface area (TPSA) is 88.5 Å². The summed E-state index contributed by atoms with van der Waals surface area (Å²) in [6.45, 7) is 0.630. The number of carbonyl (C=O) groups excluding carboxylic acids is 1. The Labute approximate surface area is 149 Å². The molecular formula is C17H17ClFN5O. The average Bonchev–Trinajstić information content (AvgIpc) is 2.61. The largest absolute Gasteiger partial charge is 0.399 e. The van der Waals surface area contributed by atoms with Crippen LogP contribution in [0.4, 0.5) is 10.2 Å². The summed E-state index contributed by atoms with van der Waals surface area (Å²) in [5.41, 5.74) is 7.57. The molecule has 2 aromatic rings. The van der Waals surface area contributed by atoms with E-state index in [9.17, 15) is 9.18 Å². The fraction of sp³-hybridized carbons (Fsp3) is 0.176. The Kier molecular flexibility index (Phi) is 4.87. The van der Waals surface area contributed by atoms with E-state index in [1.165, 1.54) is 17.1 Å². The van der Waals surface area contributed by atoms with E-state index in [0.29, 0.717) is 30.2 Å². The molecule has 25 heavy (non-hydrogen) atoms. The van der Waals surface area contributed by atoms with Crippen molar-refractivity contribution in [3.8, 4) is 0 Å². The highest BCUT2D eigenvalue weighted by molar-refractivity contribution is 6.33. The lowest BCUT2D eigenvalue weighted by atomic mass is 10.1. The highest BCUT2D eigenvalue weighted by Gasteiger charge is 2.26. The van der Waals surface area contributed by atoms with Crippen LogP contribution in [0, 0.1) is 5.82 Å². The first-order chi connectivity index (χ1) is 12.0. The highest BCUT2D eigenvalue weighted by atomic mass is 35.5. The van der Waals surface area contributed by atoms with Gasteiger partial charge in [0.05, 0.1) is 22.8 Å². The molecule has 0 aliphatic carbocycles. The van der Waals surface area contributed by atoms with Crippen molar-refractivity contribution in [1.82, 2.24) is 9.88 Å². The molecule has 6 nitrogen and oxygen atoms in total. The normalized spacial score (nSPS) is 14.6. The van der Waals surface area contributed by atoms with Crippen molar-refractivity contribution in [2.45, 2.75) is 6.42 Å². The fourth-order valence-electron chi connectivity index (χ4n) is 2.69. The van der Waals surface area contributed by atoms with Crippen molar-refractivity contribution >= 4 is 23.3 Å². The number of hydrogen-bond acceptors (Lipinski definition) is 5. The third-order valence-electron chi connectivity index (χ3n) is 3.99. The first-order valence-corrected chi connectivity index (χ1v) is 8.03. The number of benzene rings is 1. The minimum Gasteiger partial charge on any atom is -0.399 e. The second-order valence-corrected chi connectivity index (χ2v) is 6.04. The molecule has 0 bridgehead atoms. The molecule has 0 spiro atoms. The molecule has 1 amide bonds. The maximum Gasteiger partial charge on any atom is 0.255 e. The van der Waals surface area contributed by atoms with Gasteiger partial charge >= 0.3 is 0 Å². The van der Waals surface area contributed by atoms with Crippen molar-refractivity contribution < 1.29 is 9.18 Å². The van der Waals surface area contributed by atoms with Crippen molar-refractivity contribution in [3.63, 3.8) is 0 Å². The van der Waals surface area contributed by atoms with Gasteiger partial charge in [-0.25, -0.2) is 15.2 Å². The Morgan fingerprint density at radius 2 is 2.12 bits per heavy atom. The summed E-state index contributed by atoms with van der Waals surface area (Å²) in [5.74, 6) is 5.88. The minimum absolute atomic E-state index is 0.0762. The van der Waals surface area contributed by atoms with Gasteiger partial charge in [-0.15, -0.1) is 0 Å². The predicted molar refractivity (Wildman–Crippen MR) is 94.0 cm³/mol. The zero-order chi connectivity index (χ0) is 18.0. The number of halogens is 2.